The fourth-order valence-electron chi connectivity index (χ4n) is 2.67. The number of amides is 2. The van der Waals surface area contributed by atoms with E-state index in [1.165, 1.54) is 12.1 Å². The highest BCUT2D eigenvalue weighted by atomic mass is 32.2. The highest BCUT2D eigenvalue weighted by Crippen LogP contribution is 2.25. The lowest BCUT2D eigenvalue weighted by atomic mass is 10.1. The number of rotatable bonds is 5. The Hall–Kier alpha value is -3.46. The number of hydrogen-bond donors (Lipinski definition) is 0. The number of nitrogens with zero attached hydrogens (tertiary/aromatic N) is 3. The maximum Gasteiger partial charge on any atom is 0.343 e. The molecule has 0 aliphatic carbocycles. The summed E-state index contributed by atoms with van der Waals surface area (Å²) in [5.74, 6) is -1.92. The summed E-state index contributed by atoms with van der Waals surface area (Å²) in [7, 11) is 0. The van der Waals surface area contributed by atoms with E-state index in [4.69, 9.17) is 9.36 Å². The molecule has 0 saturated heterocycles. The maximum absolute atomic E-state index is 12.2. The first-order valence-electron chi connectivity index (χ1n) is 8.25. The lowest BCUT2D eigenvalue weighted by molar-refractivity contribution is -0.165. The molecule has 0 fully saturated rings. The quantitative estimate of drug-likeness (QED) is 0.480. The van der Waals surface area contributed by atoms with Crippen molar-refractivity contribution in [2.45, 2.75) is 12.1 Å². The van der Waals surface area contributed by atoms with Gasteiger partial charge in [-0.1, -0.05) is 57.9 Å². The fraction of sp³-hybridized carbons (Fsp3) is 0.105. The van der Waals surface area contributed by atoms with Crippen LogP contribution in [0.4, 0.5) is 0 Å². The standard InChI is InChI=1S/C19H13N3O5S/c1-11-5-4-6-12(9-11)16-20-19(26-21-16)28-10-15(23)27-22-17(24)13-7-2-3-8-14(13)18(22)25/h2-9H,10H2,1H3. The van der Waals surface area contributed by atoms with Gasteiger partial charge < -0.3 is 9.36 Å². The Morgan fingerprint density at radius 2 is 1.82 bits per heavy atom. The van der Waals surface area contributed by atoms with E-state index in [1.54, 1.807) is 12.1 Å². The SMILES string of the molecule is Cc1cccc(-c2noc(SCC(=O)ON3C(=O)c4ccccc4C3=O)n2)c1. The number of benzene rings is 2. The summed E-state index contributed by atoms with van der Waals surface area (Å²) in [5, 5.41) is 4.53. The van der Waals surface area contributed by atoms with Gasteiger partial charge in [0.2, 0.25) is 5.82 Å². The molecule has 9 heteroatoms. The van der Waals surface area contributed by atoms with Crippen molar-refractivity contribution in [3.8, 4) is 11.4 Å². The summed E-state index contributed by atoms with van der Waals surface area (Å²) in [6.45, 7) is 1.95. The van der Waals surface area contributed by atoms with Crippen LogP contribution in [0.15, 0.2) is 58.3 Å². The van der Waals surface area contributed by atoms with E-state index in [-0.39, 0.29) is 22.1 Å². The molecule has 8 nitrogen and oxygen atoms in total. The minimum atomic E-state index is -0.783. The lowest BCUT2D eigenvalue weighted by Crippen LogP contribution is -2.33. The summed E-state index contributed by atoms with van der Waals surface area (Å²) in [5.41, 5.74) is 2.26. The van der Waals surface area contributed by atoms with Crippen molar-refractivity contribution >= 4 is 29.5 Å². The Balaban J connectivity index is 1.37. The van der Waals surface area contributed by atoms with Crippen molar-refractivity contribution in [3.63, 3.8) is 0 Å². The molecule has 2 heterocycles. The Labute approximate surface area is 163 Å². The van der Waals surface area contributed by atoms with Gasteiger partial charge in [-0.15, -0.1) is 0 Å². The summed E-state index contributed by atoms with van der Waals surface area (Å²) >= 11 is 0.954. The van der Waals surface area contributed by atoms with Crippen molar-refractivity contribution < 1.29 is 23.7 Å². The smallest absolute Gasteiger partial charge is 0.329 e. The second-order valence-corrected chi connectivity index (χ2v) is 6.88. The zero-order valence-corrected chi connectivity index (χ0v) is 15.4. The molecule has 0 radical (unpaired) electrons. The van der Waals surface area contributed by atoms with Gasteiger partial charge in [-0.05, 0) is 25.1 Å². The summed E-state index contributed by atoms with van der Waals surface area (Å²) in [6, 6.07) is 13.9. The van der Waals surface area contributed by atoms with Gasteiger partial charge >= 0.3 is 5.97 Å². The molecule has 1 aromatic heterocycles. The first-order valence-corrected chi connectivity index (χ1v) is 9.23. The van der Waals surface area contributed by atoms with E-state index in [2.05, 4.69) is 10.1 Å². The molecule has 140 valence electrons. The van der Waals surface area contributed by atoms with Gasteiger partial charge in [-0.2, -0.15) is 4.98 Å². The number of imide groups is 1. The largest absolute Gasteiger partial charge is 0.343 e. The zero-order valence-electron chi connectivity index (χ0n) is 14.6. The Morgan fingerprint density at radius 3 is 2.50 bits per heavy atom. The Kier molecular flexibility index (Phi) is 4.66. The molecule has 2 amide bonds. The van der Waals surface area contributed by atoms with E-state index in [9.17, 15) is 14.4 Å². The normalized spacial score (nSPS) is 13.0. The number of carbonyl (C=O) groups excluding carboxylic acids is 3. The highest BCUT2D eigenvalue weighted by molar-refractivity contribution is 7.99. The molecular formula is C19H13N3O5S. The summed E-state index contributed by atoms with van der Waals surface area (Å²) < 4.78 is 5.12. The van der Waals surface area contributed by atoms with Gasteiger partial charge in [-0.3, -0.25) is 9.59 Å². The van der Waals surface area contributed by atoms with Crippen LogP contribution in [-0.4, -0.2) is 38.7 Å². The van der Waals surface area contributed by atoms with E-state index < -0.39 is 17.8 Å². The maximum atomic E-state index is 12.2. The third kappa shape index (κ3) is 3.39. The zero-order chi connectivity index (χ0) is 19.7. The molecule has 2 aromatic carbocycles. The van der Waals surface area contributed by atoms with E-state index in [0.717, 1.165) is 22.9 Å². The van der Waals surface area contributed by atoms with Crippen LogP contribution in [0.5, 0.6) is 0 Å². The monoisotopic (exact) mass is 395 g/mol. The van der Waals surface area contributed by atoms with Crippen molar-refractivity contribution in [3.05, 3.63) is 65.2 Å². The van der Waals surface area contributed by atoms with Crippen molar-refractivity contribution in [2.75, 3.05) is 5.75 Å². The van der Waals surface area contributed by atoms with Crippen LogP contribution in [-0.2, 0) is 9.63 Å². The van der Waals surface area contributed by atoms with Crippen molar-refractivity contribution in [2.24, 2.45) is 0 Å². The average molecular weight is 395 g/mol. The molecule has 0 N–H and O–H groups in total. The number of hydroxylamine groups is 2. The van der Waals surface area contributed by atoms with Gasteiger partial charge in [0.25, 0.3) is 17.0 Å². The molecule has 1 aliphatic heterocycles. The minimum absolute atomic E-state index is 0.177. The van der Waals surface area contributed by atoms with Crippen LogP contribution < -0.4 is 0 Å². The predicted molar refractivity (Wildman–Crippen MR) is 98.2 cm³/mol. The predicted octanol–water partition coefficient (Wildman–Crippen LogP) is 2.89. The average Bonchev–Trinajstić information content (AvgIpc) is 3.26. The molecule has 0 bridgehead atoms. The van der Waals surface area contributed by atoms with Crippen LogP contribution in [0.3, 0.4) is 0 Å². The van der Waals surface area contributed by atoms with Crippen LogP contribution in [0, 0.1) is 6.92 Å². The number of aromatic nitrogens is 2. The molecule has 3 aromatic rings. The molecule has 0 atom stereocenters. The van der Waals surface area contributed by atoms with Crippen molar-refractivity contribution in [1.29, 1.82) is 0 Å². The molecule has 0 saturated carbocycles. The number of hydrogen-bond acceptors (Lipinski definition) is 8. The van der Waals surface area contributed by atoms with Gasteiger partial charge in [0.05, 0.1) is 11.1 Å². The lowest BCUT2D eigenvalue weighted by Gasteiger charge is -2.11. The Morgan fingerprint density at radius 1 is 1.11 bits per heavy atom. The highest BCUT2D eigenvalue weighted by Gasteiger charge is 2.38. The van der Waals surface area contributed by atoms with E-state index >= 15 is 0 Å². The van der Waals surface area contributed by atoms with Crippen LogP contribution in [0.1, 0.15) is 26.3 Å². The first kappa shape index (κ1) is 17.9. The van der Waals surface area contributed by atoms with Gasteiger partial charge in [0.15, 0.2) is 0 Å². The minimum Gasteiger partial charge on any atom is -0.329 e. The second kappa shape index (κ2) is 7.28. The third-order valence-corrected chi connectivity index (χ3v) is 4.74. The van der Waals surface area contributed by atoms with Crippen LogP contribution >= 0.6 is 11.8 Å². The molecule has 0 unspecified atom stereocenters. The number of aryl methyl sites for hydroxylation is 1. The topological polar surface area (TPSA) is 103 Å². The Bertz CT molecular complexity index is 1060. The second-order valence-electron chi connectivity index (χ2n) is 5.96. The summed E-state index contributed by atoms with van der Waals surface area (Å²) in [6.07, 6.45) is 0. The molecular weight excluding hydrogens is 382 g/mol. The van der Waals surface area contributed by atoms with Crippen molar-refractivity contribution in [1.82, 2.24) is 15.2 Å². The number of thioether (sulfide) groups is 1. The van der Waals surface area contributed by atoms with Gasteiger partial charge in [0.1, 0.15) is 5.75 Å². The first-order chi connectivity index (χ1) is 13.5. The molecule has 0 spiro atoms. The molecule has 4 rings (SSSR count). The van der Waals surface area contributed by atoms with E-state index in [0.29, 0.717) is 10.9 Å². The summed E-state index contributed by atoms with van der Waals surface area (Å²) in [4.78, 5) is 45.6. The number of fused-ring (bicyclic) bond motifs is 1. The molecule has 1 aliphatic rings. The third-order valence-electron chi connectivity index (χ3n) is 3.95. The fourth-order valence-corrected chi connectivity index (χ4v) is 3.20. The number of carbonyl (C=O) groups is 3. The van der Waals surface area contributed by atoms with Crippen LogP contribution in [0.25, 0.3) is 11.4 Å². The van der Waals surface area contributed by atoms with E-state index in [1.807, 2.05) is 31.2 Å². The molecule has 28 heavy (non-hydrogen) atoms. The van der Waals surface area contributed by atoms with Gasteiger partial charge in [-0.25, -0.2) is 4.79 Å². The van der Waals surface area contributed by atoms with Gasteiger partial charge in [0, 0.05) is 5.56 Å². The van der Waals surface area contributed by atoms with Crippen LogP contribution in [0.2, 0.25) is 0 Å².